The first-order valence-electron chi connectivity index (χ1n) is 4.97. The largest absolute Gasteiger partial charge is 0.475 e. The first-order chi connectivity index (χ1) is 7.11. The van der Waals surface area contributed by atoms with Crippen molar-refractivity contribution in [3.05, 3.63) is 11.8 Å². The van der Waals surface area contributed by atoms with Crippen molar-refractivity contribution in [3.63, 3.8) is 0 Å². The summed E-state index contributed by atoms with van der Waals surface area (Å²) in [5, 5.41) is 0. The molecular formula is C10H17N3O2. The molecular weight excluding hydrogens is 194 g/mol. The first-order valence-corrected chi connectivity index (χ1v) is 4.97. The second kappa shape index (κ2) is 5.50. The Bertz CT molecular complexity index is 316. The van der Waals surface area contributed by atoms with Gasteiger partial charge in [-0.1, -0.05) is 0 Å². The van der Waals surface area contributed by atoms with E-state index in [0.29, 0.717) is 25.0 Å². The summed E-state index contributed by atoms with van der Waals surface area (Å²) in [6, 6.07) is 2.09. The van der Waals surface area contributed by atoms with Crippen molar-refractivity contribution in [2.45, 2.75) is 26.9 Å². The van der Waals surface area contributed by atoms with Crippen molar-refractivity contribution in [1.29, 1.82) is 0 Å². The van der Waals surface area contributed by atoms with Gasteiger partial charge in [0.1, 0.15) is 6.61 Å². The van der Waals surface area contributed by atoms with Crippen molar-refractivity contribution in [1.82, 2.24) is 9.97 Å². The molecule has 0 amide bonds. The quantitative estimate of drug-likeness (QED) is 0.783. The number of nitrogens with two attached hydrogens (primary N) is 1. The lowest BCUT2D eigenvalue weighted by Gasteiger charge is -2.10. The molecule has 15 heavy (non-hydrogen) atoms. The highest BCUT2D eigenvalue weighted by Crippen LogP contribution is 2.14. The van der Waals surface area contributed by atoms with Crippen LogP contribution in [0.15, 0.2) is 6.07 Å². The van der Waals surface area contributed by atoms with Gasteiger partial charge < -0.3 is 15.2 Å². The van der Waals surface area contributed by atoms with Gasteiger partial charge in [-0.05, 0) is 20.8 Å². The smallest absolute Gasteiger partial charge is 0.319 e. The van der Waals surface area contributed by atoms with Crippen molar-refractivity contribution in [2.24, 2.45) is 5.73 Å². The Morgan fingerprint density at radius 1 is 1.40 bits per heavy atom. The normalized spacial score (nSPS) is 10.5. The molecule has 0 spiro atoms. The van der Waals surface area contributed by atoms with Gasteiger partial charge in [-0.15, -0.1) is 0 Å². The Kier molecular flexibility index (Phi) is 4.30. The number of nitrogens with zero attached hydrogens (tertiary/aromatic N) is 2. The van der Waals surface area contributed by atoms with Crippen LogP contribution in [-0.4, -0.2) is 29.2 Å². The molecule has 0 radical (unpaired) electrons. The molecule has 0 fully saturated rings. The highest BCUT2D eigenvalue weighted by Gasteiger charge is 2.05. The minimum atomic E-state index is 0.0849. The van der Waals surface area contributed by atoms with E-state index in [1.54, 1.807) is 6.07 Å². The number of aromatic nitrogens is 2. The molecule has 5 heteroatoms. The molecule has 1 rings (SSSR count). The van der Waals surface area contributed by atoms with Crippen molar-refractivity contribution < 1.29 is 9.47 Å². The standard InChI is InChI=1S/C10H17N3O2/c1-7(2)15-9-6-8(3)12-10(13-9)14-5-4-11/h6-7H,4-5,11H2,1-3H3. The molecule has 0 aliphatic heterocycles. The van der Waals surface area contributed by atoms with E-state index in [1.165, 1.54) is 0 Å². The maximum absolute atomic E-state index is 5.45. The molecule has 0 unspecified atom stereocenters. The van der Waals surface area contributed by atoms with E-state index in [1.807, 2.05) is 20.8 Å². The van der Waals surface area contributed by atoms with Gasteiger partial charge in [-0.25, -0.2) is 4.98 Å². The lowest BCUT2D eigenvalue weighted by atomic mass is 10.4. The number of ether oxygens (including phenoxy) is 2. The summed E-state index contributed by atoms with van der Waals surface area (Å²) in [7, 11) is 0. The highest BCUT2D eigenvalue weighted by atomic mass is 16.5. The Morgan fingerprint density at radius 2 is 2.13 bits per heavy atom. The third kappa shape index (κ3) is 4.12. The summed E-state index contributed by atoms with van der Waals surface area (Å²) in [6.45, 7) is 6.60. The molecule has 2 N–H and O–H groups in total. The van der Waals surface area contributed by atoms with Crippen LogP contribution in [0.1, 0.15) is 19.5 Å². The zero-order valence-electron chi connectivity index (χ0n) is 9.36. The highest BCUT2D eigenvalue weighted by molar-refractivity contribution is 5.17. The summed E-state index contributed by atoms with van der Waals surface area (Å²) >= 11 is 0. The summed E-state index contributed by atoms with van der Waals surface area (Å²) in [6.07, 6.45) is 0.0849. The average Bonchev–Trinajstić information content (AvgIpc) is 2.12. The van der Waals surface area contributed by atoms with Crippen LogP contribution in [0.4, 0.5) is 0 Å². The Hall–Kier alpha value is -1.36. The van der Waals surface area contributed by atoms with E-state index in [-0.39, 0.29) is 6.10 Å². The SMILES string of the molecule is Cc1cc(OC(C)C)nc(OCCN)n1. The first kappa shape index (κ1) is 11.7. The second-order valence-corrected chi connectivity index (χ2v) is 3.43. The lowest BCUT2D eigenvalue weighted by molar-refractivity contribution is 0.224. The Labute approximate surface area is 89.6 Å². The van der Waals surface area contributed by atoms with Crippen LogP contribution in [0.3, 0.4) is 0 Å². The fourth-order valence-electron chi connectivity index (χ4n) is 1.03. The van der Waals surface area contributed by atoms with E-state index >= 15 is 0 Å². The van der Waals surface area contributed by atoms with Gasteiger partial charge >= 0.3 is 6.01 Å². The molecule has 0 atom stereocenters. The monoisotopic (exact) mass is 211 g/mol. The van der Waals surface area contributed by atoms with Gasteiger partial charge in [0, 0.05) is 18.3 Å². The minimum Gasteiger partial charge on any atom is -0.475 e. The van der Waals surface area contributed by atoms with E-state index in [4.69, 9.17) is 15.2 Å². The minimum absolute atomic E-state index is 0.0849. The summed E-state index contributed by atoms with van der Waals surface area (Å²) in [4.78, 5) is 8.21. The van der Waals surface area contributed by atoms with Gasteiger partial charge in [0.25, 0.3) is 0 Å². The van der Waals surface area contributed by atoms with Crippen LogP contribution in [-0.2, 0) is 0 Å². The van der Waals surface area contributed by atoms with Crippen molar-refractivity contribution in [2.75, 3.05) is 13.2 Å². The number of hydrogen-bond acceptors (Lipinski definition) is 5. The van der Waals surface area contributed by atoms with Crippen LogP contribution in [0.5, 0.6) is 11.9 Å². The molecule has 0 aromatic carbocycles. The fourth-order valence-corrected chi connectivity index (χ4v) is 1.03. The number of aryl methyl sites for hydroxylation is 1. The third-order valence-corrected chi connectivity index (χ3v) is 1.52. The molecule has 1 aromatic rings. The molecule has 0 aliphatic carbocycles. The zero-order valence-corrected chi connectivity index (χ0v) is 9.36. The van der Waals surface area contributed by atoms with E-state index < -0.39 is 0 Å². The van der Waals surface area contributed by atoms with Crippen molar-refractivity contribution >= 4 is 0 Å². The van der Waals surface area contributed by atoms with Crippen LogP contribution in [0.2, 0.25) is 0 Å². The van der Waals surface area contributed by atoms with E-state index in [0.717, 1.165) is 5.69 Å². The van der Waals surface area contributed by atoms with Gasteiger partial charge in [0.05, 0.1) is 6.10 Å². The van der Waals surface area contributed by atoms with Gasteiger partial charge in [-0.2, -0.15) is 4.98 Å². The molecule has 0 aliphatic rings. The van der Waals surface area contributed by atoms with Gasteiger partial charge in [0.2, 0.25) is 5.88 Å². The molecule has 0 saturated heterocycles. The molecule has 84 valence electrons. The van der Waals surface area contributed by atoms with Crippen LogP contribution in [0, 0.1) is 6.92 Å². The summed E-state index contributed by atoms with van der Waals surface area (Å²) < 4.78 is 10.7. The maximum Gasteiger partial charge on any atom is 0.319 e. The molecule has 0 saturated carbocycles. The predicted molar refractivity (Wildman–Crippen MR) is 57.1 cm³/mol. The molecule has 1 aromatic heterocycles. The van der Waals surface area contributed by atoms with Gasteiger partial charge in [0.15, 0.2) is 0 Å². The van der Waals surface area contributed by atoms with Crippen LogP contribution < -0.4 is 15.2 Å². The van der Waals surface area contributed by atoms with E-state index in [9.17, 15) is 0 Å². The zero-order chi connectivity index (χ0) is 11.3. The molecule has 0 bridgehead atoms. The van der Waals surface area contributed by atoms with Crippen molar-refractivity contribution in [3.8, 4) is 11.9 Å². The summed E-state index contributed by atoms with van der Waals surface area (Å²) in [5.41, 5.74) is 6.13. The third-order valence-electron chi connectivity index (χ3n) is 1.52. The topological polar surface area (TPSA) is 70.3 Å². The Balaban J connectivity index is 2.75. The average molecular weight is 211 g/mol. The van der Waals surface area contributed by atoms with Crippen LogP contribution in [0.25, 0.3) is 0 Å². The lowest BCUT2D eigenvalue weighted by Crippen LogP contribution is -2.13. The maximum atomic E-state index is 5.45. The second-order valence-electron chi connectivity index (χ2n) is 3.43. The van der Waals surface area contributed by atoms with Gasteiger partial charge in [-0.3, -0.25) is 0 Å². The molecule has 5 nitrogen and oxygen atoms in total. The number of rotatable bonds is 5. The Morgan fingerprint density at radius 3 is 2.73 bits per heavy atom. The number of hydrogen-bond donors (Lipinski definition) is 1. The fraction of sp³-hybridized carbons (Fsp3) is 0.600. The molecule has 1 heterocycles. The summed E-state index contributed by atoms with van der Waals surface area (Å²) in [5.74, 6) is 0.532. The predicted octanol–water partition coefficient (Wildman–Crippen LogP) is 0.910. The van der Waals surface area contributed by atoms with Crippen LogP contribution >= 0.6 is 0 Å². The van der Waals surface area contributed by atoms with E-state index in [2.05, 4.69) is 9.97 Å².